The number of halogens is 6. The molecule has 3 aliphatic rings. The summed E-state index contributed by atoms with van der Waals surface area (Å²) in [6.45, 7) is 7.31. The van der Waals surface area contributed by atoms with Gasteiger partial charge in [-0.1, -0.05) is 6.07 Å². The highest BCUT2D eigenvalue weighted by Crippen LogP contribution is 2.36. The summed E-state index contributed by atoms with van der Waals surface area (Å²) in [4.78, 5) is 39.3. The first-order valence-electron chi connectivity index (χ1n) is 11.8. The number of likely N-dealkylation sites (tertiary alicyclic amines) is 1. The van der Waals surface area contributed by atoms with Gasteiger partial charge in [0.2, 0.25) is 5.91 Å². The lowest BCUT2D eigenvalue weighted by atomic mass is 9.81. The van der Waals surface area contributed by atoms with E-state index in [1.165, 1.54) is 0 Å². The molecule has 16 heteroatoms. The number of carboxylic acid groups (broad SMARTS) is 2. The Bertz CT molecular complexity index is 918. The maximum absolute atomic E-state index is 12.6. The van der Waals surface area contributed by atoms with Crippen LogP contribution in [0.25, 0.3) is 0 Å². The average molecular weight is 573 g/mol. The summed E-state index contributed by atoms with van der Waals surface area (Å²) in [7, 11) is 0. The van der Waals surface area contributed by atoms with Gasteiger partial charge in [0.15, 0.2) is 0 Å². The van der Waals surface area contributed by atoms with Crippen LogP contribution in [0.3, 0.4) is 0 Å². The highest BCUT2D eigenvalue weighted by molar-refractivity contribution is 5.76. The molecule has 0 aliphatic carbocycles. The van der Waals surface area contributed by atoms with E-state index >= 15 is 0 Å². The second kappa shape index (κ2) is 14.4. The van der Waals surface area contributed by atoms with Gasteiger partial charge in [0, 0.05) is 45.3 Å². The number of fused-ring (bicyclic) bond motifs is 1. The molecule has 3 saturated heterocycles. The van der Waals surface area contributed by atoms with Gasteiger partial charge in [-0.3, -0.25) is 14.7 Å². The number of aliphatic carboxylic acids is 2. The van der Waals surface area contributed by atoms with E-state index in [2.05, 4.69) is 16.0 Å². The molecule has 39 heavy (non-hydrogen) atoms. The Morgan fingerprint density at radius 1 is 0.923 bits per heavy atom. The van der Waals surface area contributed by atoms with Crippen molar-refractivity contribution in [2.45, 2.75) is 25.3 Å². The molecule has 4 heterocycles. The minimum absolute atomic E-state index is 0.265. The molecule has 2 N–H and O–H groups in total. The number of rotatable bonds is 4. The van der Waals surface area contributed by atoms with Crippen LogP contribution in [0.1, 0.15) is 12.1 Å². The van der Waals surface area contributed by atoms with Crippen molar-refractivity contribution in [3.8, 4) is 0 Å². The number of aromatic nitrogens is 1. The topological polar surface area (TPSA) is 130 Å². The monoisotopic (exact) mass is 573 g/mol. The molecule has 0 unspecified atom stereocenters. The number of hydrogen-bond acceptors (Lipinski definition) is 7. The zero-order valence-corrected chi connectivity index (χ0v) is 20.7. The summed E-state index contributed by atoms with van der Waals surface area (Å²) in [6.07, 6.45) is -7.70. The van der Waals surface area contributed by atoms with Gasteiger partial charge >= 0.3 is 24.3 Å². The Kier molecular flexibility index (Phi) is 11.9. The number of carboxylic acids is 2. The molecule has 3 aliphatic heterocycles. The molecule has 3 fully saturated rings. The first-order chi connectivity index (χ1) is 18.2. The average Bonchev–Trinajstić information content (AvgIpc) is 3.28. The fourth-order valence-corrected chi connectivity index (χ4v) is 4.42. The van der Waals surface area contributed by atoms with Crippen molar-refractivity contribution < 1.29 is 60.4 Å². The summed E-state index contributed by atoms with van der Waals surface area (Å²) in [5.41, 5.74) is 1.11. The van der Waals surface area contributed by atoms with Crippen molar-refractivity contribution >= 4 is 17.8 Å². The predicted octanol–water partition coefficient (Wildman–Crippen LogP) is 2.29. The van der Waals surface area contributed by atoms with Gasteiger partial charge in [0.25, 0.3) is 0 Å². The van der Waals surface area contributed by atoms with Gasteiger partial charge in [-0.2, -0.15) is 26.3 Å². The van der Waals surface area contributed by atoms with Crippen LogP contribution in [0, 0.1) is 17.8 Å². The third-order valence-corrected chi connectivity index (χ3v) is 6.23. The van der Waals surface area contributed by atoms with E-state index in [1.54, 1.807) is 0 Å². The van der Waals surface area contributed by atoms with Crippen LogP contribution in [-0.4, -0.2) is 108 Å². The number of carbonyl (C=O) groups is 3. The summed E-state index contributed by atoms with van der Waals surface area (Å²) in [5.74, 6) is -3.81. The van der Waals surface area contributed by atoms with Crippen LogP contribution in [0.4, 0.5) is 26.3 Å². The van der Waals surface area contributed by atoms with Crippen LogP contribution in [0.15, 0.2) is 24.4 Å². The minimum Gasteiger partial charge on any atom is -0.475 e. The number of carbonyl (C=O) groups excluding carboxylic acids is 1. The molecule has 4 rings (SSSR count). The summed E-state index contributed by atoms with van der Waals surface area (Å²) in [5, 5.41) is 14.2. The first-order valence-corrected chi connectivity index (χ1v) is 11.8. The second-order valence-corrected chi connectivity index (χ2v) is 9.04. The summed E-state index contributed by atoms with van der Waals surface area (Å²) >= 11 is 0. The minimum atomic E-state index is -5.08. The lowest BCUT2D eigenvalue weighted by molar-refractivity contribution is -0.193. The maximum atomic E-state index is 12.6. The van der Waals surface area contributed by atoms with E-state index in [0.717, 1.165) is 45.0 Å². The van der Waals surface area contributed by atoms with E-state index in [9.17, 15) is 31.1 Å². The largest absolute Gasteiger partial charge is 0.490 e. The lowest BCUT2D eigenvalue weighted by Crippen LogP contribution is -2.44. The molecule has 3 atom stereocenters. The van der Waals surface area contributed by atoms with Gasteiger partial charge < -0.3 is 24.6 Å². The molecule has 0 bridgehead atoms. The van der Waals surface area contributed by atoms with Gasteiger partial charge in [0.1, 0.15) is 0 Å². The Balaban J connectivity index is 0.000000317. The normalized spacial score (nSPS) is 23.4. The van der Waals surface area contributed by atoms with E-state index in [0.29, 0.717) is 44.0 Å². The maximum Gasteiger partial charge on any atom is 0.490 e. The zero-order chi connectivity index (χ0) is 29.2. The standard InChI is InChI=1S/C19H27N3O3.2C2HF3O2/c23-19(22-5-7-24-8-6-22)9-15-13-25-14-16-10-21(12-18(15)16)11-17-3-1-2-4-20-17;2*3-2(4,5)1(6)7/h1-4,15-16,18H,5-14H2;2*(H,6,7)/t15-,16-,18+;;/m1../s1. The van der Waals surface area contributed by atoms with Crippen LogP contribution < -0.4 is 0 Å². The first kappa shape index (κ1) is 32.2. The Morgan fingerprint density at radius 2 is 1.51 bits per heavy atom. The SMILES string of the molecule is O=C(C[C@@H]1COC[C@H]2CN(Cc3ccccn3)C[C@@H]12)N1CCOCC1.O=C(O)C(F)(F)F.O=C(O)C(F)(F)F. The third-order valence-electron chi connectivity index (χ3n) is 6.23. The van der Waals surface area contributed by atoms with Crippen LogP contribution in [-0.2, 0) is 30.4 Å². The van der Waals surface area contributed by atoms with E-state index in [-0.39, 0.29) is 5.91 Å². The third kappa shape index (κ3) is 11.0. The number of alkyl halides is 6. The van der Waals surface area contributed by atoms with Crippen molar-refractivity contribution in [1.29, 1.82) is 0 Å². The molecule has 0 saturated carbocycles. The molecule has 0 spiro atoms. The number of pyridine rings is 1. The highest BCUT2D eigenvalue weighted by atomic mass is 19.4. The number of morpholine rings is 1. The van der Waals surface area contributed by atoms with Gasteiger partial charge in [-0.15, -0.1) is 0 Å². The van der Waals surface area contributed by atoms with Crippen molar-refractivity contribution in [3.05, 3.63) is 30.1 Å². The Labute approximate surface area is 219 Å². The summed E-state index contributed by atoms with van der Waals surface area (Å²) in [6, 6.07) is 6.07. The molecule has 1 aromatic rings. The number of nitrogens with zero attached hydrogens (tertiary/aromatic N) is 3. The predicted molar refractivity (Wildman–Crippen MR) is 120 cm³/mol. The van der Waals surface area contributed by atoms with Crippen molar-refractivity contribution in [2.24, 2.45) is 17.8 Å². The molecular weight excluding hydrogens is 544 g/mol. The van der Waals surface area contributed by atoms with Crippen LogP contribution in [0.2, 0.25) is 0 Å². The molecule has 10 nitrogen and oxygen atoms in total. The van der Waals surface area contributed by atoms with E-state index in [4.69, 9.17) is 29.3 Å². The fourth-order valence-electron chi connectivity index (χ4n) is 4.42. The quantitative estimate of drug-likeness (QED) is 0.522. The molecule has 0 radical (unpaired) electrons. The highest BCUT2D eigenvalue weighted by Gasteiger charge is 2.42. The van der Waals surface area contributed by atoms with Crippen molar-refractivity contribution in [1.82, 2.24) is 14.8 Å². The fraction of sp³-hybridized carbons (Fsp3) is 0.652. The van der Waals surface area contributed by atoms with Gasteiger partial charge in [0.05, 0.1) is 32.1 Å². The van der Waals surface area contributed by atoms with Crippen molar-refractivity contribution in [2.75, 3.05) is 52.6 Å². The summed E-state index contributed by atoms with van der Waals surface area (Å²) < 4.78 is 74.7. The lowest BCUT2D eigenvalue weighted by Gasteiger charge is -2.35. The molecule has 1 amide bonds. The molecular formula is C23H29F6N3O7. The molecule has 220 valence electrons. The van der Waals surface area contributed by atoms with Crippen LogP contribution >= 0.6 is 0 Å². The van der Waals surface area contributed by atoms with Crippen molar-refractivity contribution in [3.63, 3.8) is 0 Å². The van der Waals surface area contributed by atoms with Gasteiger partial charge in [-0.25, -0.2) is 9.59 Å². The smallest absolute Gasteiger partial charge is 0.475 e. The zero-order valence-electron chi connectivity index (χ0n) is 20.7. The van der Waals surface area contributed by atoms with E-state index in [1.807, 2.05) is 23.2 Å². The molecule has 0 aromatic carbocycles. The second-order valence-electron chi connectivity index (χ2n) is 9.04. The number of hydrogen-bond donors (Lipinski definition) is 2. The molecule has 1 aromatic heterocycles. The van der Waals surface area contributed by atoms with Gasteiger partial charge in [-0.05, 0) is 29.9 Å². The Morgan fingerprint density at radius 3 is 2.03 bits per heavy atom. The van der Waals surface area contributed by atoms with Crippen LogP contribution in [0.5, 0.6) is 0 Å². The number of amides is 1. The Hall–Kier alpha value is -2.98. The number of ether oxygens (including phenoxy) is 2. The van der Waals surface area contributed by atoms with E-state index < -0.39 is 24.3 Å².